The van der Waals surface area contributed by atoms with Crippen LogP contribution >= 0.6 is 0 Å². The summed E-state index contributed by atoms with van der Waals surface area (Å²) in [7, 11) is 1.73. The van der Waals surface area contributed by atoms with E-state index in [1.165, 1.54) is 38.3 Å². The molecule has 0 spiro atoms. The van der Waals surface area contributed by atoms with Gasteiger partial charge in [-0.15, -0.1) is 0 Å². The van der Waals surface area contributed by atoms with Crippen molar-refractivity contribution in [2.75, 3.05) is 46.4 Å². The second-order valence-corrected chi connectivity index (χ2v) is 5.20. The predicted molar refractivity (Wildman–Crippen MR) is 78.8 cm³/mol. The van der Waals surface area contributed by atoms with Gasteiger partial charge >= 0.3 is 0 Å². The first kappa shape index (κ1) is 14.1. The van der Waals surface area contributed by atoms with Crippen LogP contribution in [0.3, 0.4) is 0 Å². The van der Waals surface area contributed by atoms with E-state index in [0.29, 0.717) is 0 Å². The highest BCUT2D eigenvalue weighted by Gasteiger charge is 2.19. The van der Waals surface area contributed by atoms with Crippen LogP contribution in [0.4, 0.5) is 0 Å². The van der Waals surface area contributed by atoms with Crippen molar-refractivity contribution in [2.24, 2.45) is 0 Å². The molecule has 0 radical (unpaired) electrons. The Morgan fingerprint density at radius 3 is 2.47 bits per heavy atom. The SMILES string of the molecule is CC[NH+]1CC[NH+](C/C=C/c2ccccc2OC)CC1. The highest BCUT2D eigenvalue weighted by atomic mass is 16.5. The number of hydrogen-bond donors (Lipinski definition) is 2. The van der Waals surface area contributed by atoms with Crippen molar-refractivity contribution in [1.29, 1.82) is 0 Å². The Kier molecular flexibility index (Phi) is 5.43. The Balaban J connectivity index is 1.83. The molecule has 3 nitrogen and oxygen atoms in total. The number of quaternary nitrogens is 2. The average Bonchev–Trinajstić information content (AvgIpc) is 2.48. The molecule has 104 valence electrons. The zero-order valence-electron chi connectivity index (χ0n) is 12.1. The van der Waals surface area contributed by atoms with Gasteiger partial charge in [-0.3, -0.25) is 0 Å². The molecular formula is C16H26N2O+2. The molecule has 1 saturated heterocycles. The van der Waals surface area contributed by atoms with Crippen molar-refractivity contribution in [1.82, 2.24) is 0 Å². The molecule has 1 heterocycles. The van der Waals surface area contributed by atoms with E-state index in [9.17, 15) is 0 Å². The monoisotopic (exact) mass is 262 g/mol. The van der Waals surface area contributed by atoms with Crippen molar-refractivity contribution in [3.05, 3.63) is 35.9 Å². The van der Waals surface area contributed by atoms with E-state index in [1.54, 1.807) is 16.9 Å². The smallest absolute Gasteiger partial charge is 0.127 e. The number of ether oxygens (including phenoxy) is 1. The molecule has 1 aromatic carbocycles. The first-order valence-corrected chi connectivity index (χ1v) is 7.30. The van der Waals surface area contributed by atoms with Gasteiger partial charge < -0.3 is 14.5 Å². The molecule has 0 saturated carbocycles. The lowest BCUT2D eigenvalue weighted by Gasteiger charge is -2.28. The van der Waals surface area contributed by atoms with Crippen LogP contribution in [0.2, 0.25) is 0 Å². The summed E-state index contributed by atoms with van der Waals surface area (Å²) in [6.45, 7) is 9.88. The highest BCUT2D eigenvalue weighted by molar-refractivity contribution is 5.57. The van der Waals surface area contributed by atoms with Gasteiger partial charge in [-0.1, -0.05) is 18.2 Å². The Morgan fingerprint density at radius 1 is 1.11 bits per heavy atom. The summed E-state index contributed by atoms with van der Waals surface area (Å²) in [5.41, 5.74) is 1.17. The molecule has 1 fully saturated rings. The van der Waals surface area contributed by atoms with Crippen LogP contribution in [-0.4, -0.2) is 46.4 Å². The molecule has 0 unspecified atom stereocenters. The summed E-state index contributed by atoms with van der Waals surface area (Å²) in [5.74, 6) is 0.953. The van der Waals surface area contributed by atoms with Crippen LogP contribution in [0.5, 0.6) is 5.75 Å². The minimum absolute atomic E-state index is 0.953. The molecule has 0 aliphatic carbocycles. The van der Waals surface area contributed by atoms with Gasteiger partial charge in [0.1, 0.15) is 31.9 Å². The molecule has 0 bridgehead atoms. The lowest BCUT2D eigenvalue weighted by atomic mass is 10.2. The number of methoxy groups -OCH3 is 1. The number of para-hydroxylation sites is 1. The van der Waals surface area contributed by atoms with Crippen LogP contribution in [0.15, 0.2) is 30.3 Å². The molecule has 0 atom stereocenters. The Bertz CT molecular complexity index is 409. The van der Waals surface area contributed by atoms with E-state index in [2.05, 4.69) is 31.2 Å². The number of likely N-dealkylation sites (N-methyl/N-ethyl adjacent to an activating group) is 1. The fourth-order valence-corrected chi connectivity index (χ4v) is 2.67. The van der Waals surface area contributed by atoms with Crippen LogP contribution in [0.1, 0.15) is 12.5 Å². The average molecular weight is 262 g/mol. The quantitative estimate of drug-likeness (QED) is 0.733. The Hall–Kier alpha value is -1.32. The topological polar surface area (TPSA) is 18.1 Å². The largest absolute Gasteiger partial charge is 0.496 e. The third-order valence-corrected chi connectivity index (χ3v) is 4.01. The van der Waals surface area contributed by atoms with Crippen molar-refractivity contribution >= 4 is 6.08 Å². The number of rotatable bonds is 5. The molecular weight excluding hydrogens is 236 g/mol. The molecule has 1 aliphatic rings. The Morgan fingerprint density at radius 2 is 1.79 bits per heavy atom. The lowest BCUT2D eigenvalue weighted by molar-refractivity contribution is -1.01. The highest BCUT2D eigenvalue weighted by Crippen LogP contribution is 2.18. The van der Waals surface area contributed by atoms with E-state index in [4.69, 9.17) is 4.74 Å². The van der Waals surface area contributed by atoms with E-state index >= 15 is 0 Å². The molecule has 1 aliphatic heterocycles. The third kappa shape index (κ3) is 4.08. The molecule has 2 N–H and O–H groups in total. The van der Waals surface area contributed by atoms with Crippen molar-refractivity contribution in [3.8, 4) is 5.75 Å². The van der Waals surface area contributed by atoms with Gasteiger partial charge in [0, 0.05) is 5.56 Å². The van der Waals surface area contributed by atoms with Crippen molar-refractivity contribution < 1.29 is 14.5 Å². The number of nitrogens with one attached hydrogen (secondary N) is 2. The van der Waals surface area contributed by atoms with E-state index in [1.807, 2.05) is 12.1 Å². The maximum atomic E-state index is 5.36. The standard InChI is InChI=1S/C16H24N2O/c1-3-17-11-13-18(14-12-17)10-6-8-15-7-4-5-9-16(15)19-2/h4-9H,3,10-14H2,1-2H3/p+2/b8-6+. The van der Waals surface area contributed by atoms with Crippen LogP contribution < -0.4 is 14.5 Å². The summed E-state index contributed by atoms with van der Waals surface area (Å²) in [6, 6.07) is 8.17. The first-order chi connectivity index (χ1) is 9.33. The van der Waals surface area contributed by atoms with Gasteiger partial charge in [0.2, 0.25) is 0 Å². The van der Waals surface area contributed by atoms with Crippen molar-refractivity contribution in [3.63, 3.8) is 0 Å². The van der Waals surface area contributed by atoms with Gasteiger partial charge in [-0.2, -0.15) is 0 Å². The first-order valence-electron chi connectivity index (χ1n) is 7.30. The molecule has 0 aromatic heterocycles. The third-order valence-electron chi connectivity index (χ3n) is 4.01. The summed E-state index contributed by atoms with van der Waals surface area (Å²) in [6.07, 6.45) is 4.47. The second-order valence-electron chi connectivity index (χ2n) is 5.20. The maximum absolute atomic E-state index is 5.36. The van der Waals surface area contributed by atoms with Gasteiger partial charge in [0.05, 0.1) is 20.2 Å². The zero-order valence-corrected chi connectivity index (χ0v) is 12.1. The number of benzene rings is 1. The van der Waals surface area contributed by atoms with Gasteiger partial charge in [-0.05, 0) is 25.1 Å². The Labute approximate surface area is 116 Å². The van der Waals surface area contributed by atoms with Crippen molar-refractivity contribution in [2.45, 2.75) is 6.92 Å². The van der Waals surface area contributed by atoms with E-state index in [0.717, 1.165) is 12.3 Å². The number of piperazine rings is 1. The van der Waals surface area contributed by atoms with Crippen LogP contribution in [0.25, 0.3) is 6.08 Å². The van der Waals surface area contributed by atoms with E-state index < -0.39 is 0 Å². The minimum Gasteiger partial charge on any atom is -0.496 e. The lowest BCUT2D eigenvalue weighted by Crippen LogP contribution is -3.27. The van der Waals surface area contributed by atoms with Crippen LogP contribution in [-0.2, 0) is 0 Å². The summed E-state index contributed by atoms with van der Waals surface area (Å²) in [4.78, 5) is 3.45. The zero-order chi connectivity index (χ0) is 13.5. The molecule has 19 heavy (non-hydrogen) atoms. The van der Waals surface area contributed by atoms with Crippen LogP contribution in [0, 0.1) is 0 Å². The van der Waals surface area contributed by atoms with E-state index in [-0.39, 0.29) is 0 Å². The normalized spacial score (nSPS) is 23.7. The van der Waals surface area contributed by atoms with Gasteiger partial charge in [0.25, 0.3) is 0 Å². The molecule has 2 rings (SSSR count). The predicted octanol–water partition coefficient (Wildman–Crippen LogP) is -0.488. The molecule has 0 amide bonds. The summed E-state index contributed by atoms with van der Waals surface area (Å²) >= 11 is 0. The van der Waals surface area contributed by atoms with Gasteiger partial charge in [0.15, 0.2) is 0 Å². The molecule has 1 aromatic rings. The summed E-state index contributed by atoms with van der Waals surface area (Å²) in [5, 5.41) is 0. The second kappa shape index (κ2) is 7.31. The minimum atomic E-state index is 0.953. The maximum Gasteiger partial charge on any atom is 0.127 e. The summed E-state index contributed by atoms with van der Waals surface area (Å²) < 4.78 is 5.36. The number of hydrogen-bond acceptors (Lipinski definition) is 1. The fraction of sp³-hybridized carbons (Fsp3) is 0.500. The fourth-order valence-electron chi connectivity index (χ4n) is 2.67. The van der Waals surface area contributed by atoms with Gasteiger partial charge in [-0.25, -0.2) is 0 Å². The molecule has 3 heteroatoms.